The largest absolute Gasteiger partial charge is 0.381 e. The van der Waals surface area contributed by atoms with E-state index >= 15 is 0 Å². The van der Waals surface area contributed by atoms with Gasteiger partial charge in [-0.25, -0.2) is 8.42 Å². The Morgan fingerprint density at radius 1 is 1.36 bits per heavy atom. The van der Waals surface area contributed by atoms with Gasteiger partial charge in [-0.1, -0.05) is 0 Å². The molecule has 4 nitrogen and oxygen atoms in total. The van der Waals surface area contributed by atoms with E-state index in [0.717, 1.165) is 0 Å². The van der Waals surface area contributed by atoms with E-state index in [2.05, 4.69) is 0 Å². The number of nitriles is 1. The minimum absolute atomic E-state index is 0.144. The van der Waals surface area contributed by atoms with Gasteiger partial charge in [-0.2, -0.15) is 5.26 Å². The number of unbranched alkanes of at least 4 members (excludes halogenated alkanes) is 1. The summed E-state index contributed by atoms with van der Waals surface area (Å²) in [5, 5.41) is 8.07. The van der Waals surface area contributed by atoms with Crippen LogP contribution in [0.25, 0.3) is 0 Å². The van der Waals surface area contributed by atoms with Gasteiger partial charge in [0.2, 0.25) is 0 Å². The molecule has 0 aromatic rings. The van der Waals surface area contributed by atoms with Crippen molar-refractivity contribution in [3.05, 3.63) is 0 Å². The fourth-order valence-corrected chi connectivity index (χ4v) is 3.34. The third kappa shape index (κ3) is 3.28. The van der Waals surface area contributed by atoms with Crippen molar-refractivity contribution in [3.63, 3.8) is 0 Å². The van der Waals surface area contributed by atoms with Crippen LogP contribution in [0.1, 0.15) is 25.7 Å². The highest BCUT2D eigenvalue weighted by atomic mass is 32.2. The van der Waals surface area contributed by atoms with Crippen molar-refractivity contribution in [1.82, 2.24) is 0 Å². The van der Waals surface area contributed by atoms with Gasteiger partial charge in [0.15, 0.2) is 9.84 Å². The average Bonchev–Trinajstić information content (AvgIpc) is 2.19. The number of hydrogen-bond donors (Lipinski definition) is 0. The maximum absolute atomic E-state index is 11.7. The highest BCUT2D eigenvalue weighted by molar-refractivity contribution is 7.92. The van der Waals surface area contributed by atoms with Gasteiger partial charge in [-0.15, -0.1) is 0 Å². The summed E-state index contributed by atoms with van der Waals surface area (Å²) in [6.07, 6.45) is 1.99. The Kier molecular flexibility index (Phi) is 4.36. The van der Waals surface area contributed by atoms with Crippen molar-refractivity contribution >= 4 is 9.84 Å². The predicted molar refractivity (Wildman–Crippen MR) is 52.5 cm³/mol. The Balaban J connectivity index is 2.43. The standard InChI is InChI=1S/C9H15NO3S/c10-5-1-2-8-14(11,12)9-3-6-13-7-4-9/h9H,1-4,6-8H2. The maximum atomic E-state index is 11.7. The third-order valence-corrected chi connectivity index (χ3v) is 4.74. The van der Waals surface area contributed by atoms with Crippen LogP contribution >= 0.6 is 0 Å². The van der Waals surface area contributed by atoms with Crippen LogP contribution < -0.4 is 0 Å². The van der Waals surface area contributed by atoms with Crippen LogP contribution in [0, 0.1) is 11.3 Å². The Hall–Kier alpha value is -0.600. The fourth-order valence-electron chi connectivity index (χ4n) is 1.55. The second-order valence-corrected chi connectivity index (χ2v) is 5.84. The molecular formula is C9H15NO3S. The number of rotatable bonds is 4. The van der Waals surface area contributed by atoms with E-state index in [1.807, 2.05) is 6.07 Å². The van der Waals surface area contributed by atoms with Crippen molar-refractivity contribution in [2.75, 3.05) is 19.0 Å². The molecule has 14 heavy (non-hydrogen) atoms. The van der Waals surface area contributed by atoms with Crippen molar-refractivity contribution in [2.45, 2.75) is 30.9 Å². The van der Waals surface area contributed by atoms with Gasteiger partial charge in [0.25, 0.3) is 0 Å². The molecule has 0 radical (unpaired) electrons. The van der Waals surface area contributed by atoms with E-state index in [4.69, 9.17) is 10.00 Å². The van der Waals surface area contributed by atoms with E-state index in [9.17, 15) is 8.42 Å². The molecule has 1 saturated heterocycles. The van der Waals surface area contributed by atoms with Crippen LogP contribution in [0.5, 0.6) is 0 Å². The summed E-state index contributed by atoms with van der Waals surface area (Å²) < 4.78 is 28.5. The van der Waals surface area contributed by atoms with Crippen LogP contribution in [0.15, 0.2) is 0 Å². The quantitative estimate of drug-likeness (QED) is 0.656. The number of hydrogen-bond acceptors (Lipinski definition) is 4. The molecule has 0 aliphatic carbocycles. The fraction of sp³-hybridized carbons (Fsp3) is 0.889. The monoisotopic (exact) mass is 217 g/mol. The molecule has 1 heterocycles. The first-order valence-electron chi connectivity index (χ1n) is 4.83. The van der Waals surface area contributed by atoms with E-state index in [1.165, 1.54) is 0 Å². The van der Waals surface area contributed by atoms with Gasteiger partial charge in [0.1, 0.15) is 0 Å². The summed E-state index contributed by atoms with van der Waals surface area (Å²) in [7, 11) is -2.99. The van der Waals surface area contributed by atoms with Gasteiger partial charge < -0.3 is 4.74 Å². The molecule has 0 unspecified atom stereocenters. The lowest BCUT2D eigenvalue weighted by Gasteiger charge is -2.21. The van der Waals surface area contributed by atoms with E-state index < -0.39 is 9.84 Å². The zero-order chi connectivity index (χ0) is 10.4. The Bertz CT molecular complexity index is 299. The normalized spacial score (nSPS) is 19.1. The summed E-state index contributed by atoms with van der Waals surface area (Å²) >= 11 is 0. The molecule has 1 aliphatic rings. The van der Waals surface area contributed by atoms with Crippen molar-refractivity contribution in [2.24, 2.45) is 0 Å². The molecule has 0 saturated carbocycles. The van der Waals surface area contributed by atoms with Gasteiger partial charge >= 0.3 is 0 Å². The zero-order valence-electron chi connectivity index (χ0n) is 8.11. The highest BCUT2D eigenvalue weighted by Gasteiger charge is 2.26. The first-order chi connectivity index (χ1) is 6.67. The minimum Gasteiger partial charge on any atom is -0.381 e. The third-order valence-electron chi connectivity index (χ3n) is 2.39. The van der Waals surface area contributed by atoms with Crippen LogP contribution in [0.2, 0.25) is 0 Å². The van der Waals surface area contributed by atoms with Crippen molar-refractivity contribution < 1.29 is 13.2 Å². The van der Waals surface area contributed by atoms with Crippen LogP contribution in [-0.4, -0.2) is 32.6 Å². The number of ether oxygens (including phenoxy) is 1. The molecule has 1 aliphatic heterocycles. The first kappa shape index (κ1) is 11.5. The van der Waals surface area contributed by atoms with E-state index in [0.29, 0.717) is 38.9 Å². The lowest BCUT2D eigenvalue weighted by Crippen LogP contribution is -2.30. The molecule has 1 fully saturated rings. The summed E-state index contributed by atoms with van der Waals surface area (Å²) in [4.78, 5) is 0. The summed E-state index contributed by atoms with van der Waals surface area (Å²) in [6.45, 7) is 1.09. The Morgan fingerprint density at radius 3 is 2.57 bits per heavy atom. The predicted octanol–water partition coefficient (Wildman–Crippen LogP) is 0.884. The lowest BCUT2D eigenvalue weighted by atomic mass is 10.2. The molecule has 5 heteroatoms. The van der Waals surface area contributed by atoms with Crippen molar-refractivity contribution in [3.8, 4) is 6.07 Å². The Labute approximate surface area is 84.8 Å². The number of nitrogens with zero attached hydrogens (tertiary/aromatic N) is 1. The molecule has 0 aromatic heterocycles. The second-order valence-electron chi connectivity index (χ2n) is 3.44. The van der Waals surface area contributed by atoms with Gasteiger partial charge in [0.05, 0.1) is 17.1 Å². The maximum Gasteiger partial charge on any atom is 0.153 e. The summed E-state index contributed by atoms with van der Waals surface area (Å²) in [5.74, 6) is 0.144. The first-order valence-corrected chi connectivity index (χ1v) is 6.54. The molecule has 0 spiro atoms. The molecule has 0 bridgehead atoms. The smallest absolute Gasteiger partial charge is 0.153 e. The molecule has 0 N–H and O–H groups in total. The minimum atomic E-state index is -2.99. The average molecular weight is 217 g/mol. The highest BCUT2D eigenvalue weighted by Crippen LogP contribution is 2.17. The molecule has 1 rings (SSSR count). The zero-order valence-corrected chi connectivity index (χ0v) is 8.92. The van der Waals surface area contributed by atoms with Crippen LogP contribution in [-0.2, 0) is 14.6 Å². The molecule has 0 aromatic carbocycles. The second kappa shape index (κ2) is 5.32. The van der Waals surface area contributed by atoms with Gasteiger partial charge in [0, 0.05) is 19.6 Å². The summed E-state index contributed by atoms with van der Waals surface area (Å²) in [6, 6.07) is 1.95. The topological polar surface area (TPSA) is 67.2 Å². The van der Waals surface area contributed by atoms with Gasteiger partial charge in [-0.05, 0) is 19.3 Å². The molecule has 0 amide bonds. The summed E-state index contributed by atoms with van der Waals surface area (Å²) in [5.41, 5.74) is 0. The van der Waals surface area contributed by atoms with Crippen molar-refractivity contribution in [1.29, 1.82) is 5.26 Å². The molecule has 80 valence electrons. The van der Waals surface area contributed by atoms with E-state index in [1.54, 1.807) is 0 Å². The lowest BCUT2D eigenvalue weighted by molar-refractivity contribution is 0.0983. The van der Waals surface area contributed by atoms with Crippen LogP contribution in [0.3, 0.4) is 0 Å². The SMILES string of the molecule is N#CCCCS(=O)(=O)C1CCOCC1. The van der Waals surface area contributed by atoms with Crippen LogP contribution in [0.4, 0.5) is 0 Å². The Morgan fingerprint density at radius 2 is 2.00 bits per heavy atom. The molecule has 0 atom stereocenters. The molecular weight excluding hydrogens is 202 g/mol. The van der Waals surface area contributed by atoms with Gasteiger partial charge in [-0.3, -0.25) is 0 Å². The van der Waals surface area contributed by atoms with E-state index in [-0.39, 0.29) is 11.0 Å². The number of sulfone groups is 1.